The number of aryl methyl sites for hydroxylation is 1. The number of hydrogen-bond donors (Lipinski definition) is 1. The quantitative estimate of drug-likeness (QED) is 0.562. The third kappa shape index (κ3) is 4.73. The smallest absolute Gasteiger partial charge is 0.190 e. The summed E-state index contributed by atoms with van der Waals surface area (Å²) in [5, 5.41) is 9.30. The van der Waals surface area contributed by atoms with Gasteiger partial charge in [0, 0.05) is 6.20 Å². The van der Waals surface area contributed by atoms with Crippen LogP contribution in [0.15, 0.2) is 18.3 Å². The number of nitrogens with zero attached hydrogens (tertiary/aromatic N) is 2. The van der Waals surface area contributed by atoms with Crippen LogP contribution in [0, 0.1) is 17.0 Å². The van der Waals surface area contributed by atoms with Crippen LogP contribution >= 0.6 is 0 Å². The van der Waals surface area contributed by atoms with Gasteiger partial charge in [-0.1, -0.05) is 19.3 Å². The Balaban J connectivity index is 0.000000671. The lowest BCUT2D eigenvalue weighted by atomic mass is 10.3. The van der Waals surface area contributed by atoms with Crippen molar-refractivity contribution in [1.29, 1.82) is 0 Å². The molecule has 1 heterocycles. The minimum atomic E-state index is -0.637. The van der Waals surface area contributed by atoms with E-state index in [1.165, 1.54) is 6.20 Å². The fourth-order valence-corrected chi connectivity index (χ4v) is 0.691. The van der Waals surface area contributed by atoms with Gasteiger partial charge in [-0.05, 0) is 24.6 Å². The topological polar surface area (TPSA) is 68.1 Å². The van der Waals surface area contributed by atoms with Gasteiger partial charge in [0.05, 0.1) is 0 Å². The third-order valence-electron chi connectivity index (χ3n) is 1.12. The van der Waals surface area contributed by atoms with Crippen molar-refractivity contribution in [2.45, 2.75) is 20.8 Å². The molecule has 0 aliphatic carbocycles. The Morgan fingerprint density at radius 3 is 2.62 bits per heavy atom. The molecule has 5 heteroatoms. The Hall–Kier alpha value is -1.65. The summed E-state index contributed by atoms with van der Waals surface area (Å²) in [4.78, 5) is 13.7. The number of hydrazine groups is 1. The normalized spacial score (nSPS) is 8.23. The zero-order chi connectivity index (χ0) is 10.3. The highest BCUT2D eigenvalue weighted by atomic mass is 16.7. The fraction of sp³-hybridized carbons (Fsp3) is 0.375. The van der Waals surface area contributed by atoms with Gasteiger partial charge < -0.3 is 0 Å². The lowest BCUT2D eigenvalue weighted by molar-refractivity contribution is -0.445. The van der Waals surface area contributed by atoms with E-state index in [1.54, 1.807) is 12.1 Å². The van der Waals surface area contributed by atoms with E-state index in [4.69, 9.17) is 0 Å². The predicted octanol–water partition coefficient (Wildman–Crippen LogP) is 2.02. The first-order valence-corrected chi connectivity index (χ1v) is 4.02. The Kier molecular flexibility index (Phi) is 5.18. The summed E-state index contributed by atoms with van der Waals surface area (Å²) in [6.45, 7) is 5.84. The Morgan fingerprint density at radius 1 is 1.54 bits per heavy atom. The van der Waals surface area contributed by atoms with Gasteiger partial charge in [0.2, 0.25) is 0 Å². The maximum atomic E-state index is 9.93. The Bertz CT molecular complexity index is 276. The summed E-state index contributed by atoms with van der Waals surface area (Å²) in [5.74, 6) is 0.259. The number of anilines is 1. The maximum absolute atomic E-state index is 9.93. The second kappa shape index (κ2) is 5.93. The van der Waals surface area contributed by atoms with Crippen LogP contribution in [0.4, 0.5) is 5.82 Å². The van der Waals surface area contributed by atoms with Gasteiger partial charge in [-0.3, -0.25) is 0 Å². The number of nitro groups is 1. The van der Waals surface area contributed by atoms with Crippen molar-refractivity contribution in [2.75, 3.05) is 5.43 Å². The van der Waals surface area contributed by atoms with E-state index in [0.717, 1.165) is 5.56 Å². The molecular weight excluding hydrogens is 170 g/mol. The minimum absolute atomic E-state index is 0.259. The van der Waals surface area contributed by atoms with Gasteiger partial charge in [0.15, 0.2) is 10.9 Å². The van der Waals surface area contributed by atoms with E-state index in [9.17, 15) is 10.1 Å². The van der Waals surface area contributed by atoms with Crippen molar-refractivity contribution in [3.05, 3.63) is 34.0 Å². The molecule has 0 atom stereocenters. The van der Waals surface area contributed by atoms with Crippen molar-refractivity contribution in [2.24, 2.45) is 0 Å². The molecule has 1 aromatic rings. The molecule has 0 saturated heterocycles. The predicted molar refractivity (Wildman–Crippen MR) is 50.9 cm³/mol. The second-order valence-electron chi connectivity index (χ2n) is 2.09. The molecule has 0 unspecified atom stereocenters. The first kappa shape index (κ1) is 11.4. The minimum Gasteiger partial charge on any atom is -0.234 e. The molecule has 13 heavy (non-hydrogen) atoms. The van der Waals surface area contributed by atoms with E-state index >= 15 is 0 Å². The Labute approximate surface area is 76.9 Å². The third-order valence-corrected chi connectivity index (χ3v) is 1.12. The molecule has 0 bridgehead atoms. The number of hydrogen-bond acceptors (Lipinski definition) is 3. The van der Waals surface area contributed by atoms with Crippen LogP contribution in [-0.2, 0) is 0 Å². The van der Waals surface area contributed by atoms with E-state index in [1.807, 2.05) is 26.2 Å². The lowest BCUT2D eigenvalue weighted by Gasteiger charge is -1.95. The highest BCUT2D eigenvalue weighted by molar-refractivity contribution is 5.34. The Morgan fingerprint density at radius 2 is 2.15 bits per heavy atom. The molecule has 0 aliphatic rings. The van der Waals surface area contributed by atoms with Crippen LogP contribution in [-0.4, -0.2) is 10.0 Å². The number of aromatic nitrogens is 1. The summed E-state index contributed by atoms with van der Waals surface area (Å²) in [5.41, 5.74) is 2.89. The highest BCUT2D eigenvalue weighted by Gasteiger charge is 1.98. The highest BCUT2D eigenvalue weighted by Crippen LogP contribution is 2.03. The molecule has 0 aliphatic heterocycles. The summed E-state index contributed by atoms with van der Waals surface area (Å²) in [6, 6.07) is 3.37. The molecule has 0 spiro atoms. The number of rotatable bonds is 2. The zero-order valence-electron chi connectivity index (χ0n) is 7.94. The second-order valence-corrected chi connectivity index (χ2v) is 2.09. The molecule has 1 N–H and O–H groups in total. The monoisotopic (exact) mass is 183 g/mol. The van der Waals surface area contributed by atoms with Gasteiger partial charge in [0.25, 0.3) is 0 Å². The van der Waals surface area contributed by atoms with Gasteiger partial charge in [-0.2, -0.15) is 0 Å². The van der Waals surface area contributed by atoms with Crippen LogP contribution in [0.3, 0.4) is 0 Å². The first-order valence-electron chi connectivity index (χ1n) is 4.02. The molecule has 0 aromatic carbocycles. The van der Waals surface area contributed by atoms with Gasteiger partial charge in [-0.15, -0.1) is 0 Å². The largest absolute Gasteiger partial charge is 0.234 e. The van der Waals surface area contributed by atoms with Crippen molar-refractivity contribution in [3.63, 3.8) is 0 Å². The molecule has 72 valence electrons. The van der Waals surface area contributed by atoms with Crippen LogP contribution in [0.5, 0.6) is 0 Å². The lowest BCUT2D eigenvalue weighted by Crippen LogP contribution is -2.08. The average Bonchev–Trinajstić information content (AvgIpc) is 2.06. The zero-order valence-corrected chi connectivity index (χ0v) is 7.94. The summed E-state index contributed by atoms with van der Waals surface area (Å²) in [6.07, 6.45) is 1.52. The SMILES string of the molecule is CC.Cc1ccnc(N[N+](=O)[O-])c1. The van der Waals surface area contributed by atoms with Gasteiger partial charge in [-0.25, -0.2) is 15.1 Å². The summed E-state index contributed by atoms with van der Waals surface area (Å²) >= 11 is 0. The number of pyridine rings is 1. The molecule has 1 aromatic heterocycles. The van der Waals surface area contributed by atoms with Crippen molar-refractivity contribution in [3.8, 4) is 0 Å². The first-order chi connectivity index (χ1) is 6.18. The molecule has 0 amide bonds. The van der Waals surface area contributed by atoms with Crippen molar-refractivity contribution < 1.29 is 5.03 Å². The van der Waals surface area contributed by atoms with Crippen LogP contribution in [0.25, 0.3) is 0 Å². The van der Waals surface area contributed by atoms with E-state index in [-0.39, 0.29) is 5.82 Å². The molecular formula is C8H13N3O2. The van der Waals surface area contributed by atoms with Crippen LogP contribution in [0.1, 0.15) is 19.4 Å². The summed E-state index contributed by atoms with van der Waals surface area (Å²) in [7, 11) is 0. The van der Waals surface area contributed by atoms with E-state index in [0.29, 0.717) is 0 Å². The maximum Gasteiger partial charge on any atom is 0.190 e. The van der Waals surface area contributed by atoms with Gasteiger partial charge >= 0.3 is 0 Å². The van der Waals surface area contributed by atoms with Crippen molar-refractivity contribution >= 4 is 5.82 Å². The molecule has 0 saturated carbocycles. The standard InChI is InChI=1S/C6H7N3O2.C2H6/c1-5-2-3-7-6(4-5)8-9(10)11;1-2/h2-4H,1H3,(H,7,8);1-2H3. The fourth-order valence-electron chi connectivity index (χ4n) is 0.691. The van der Waals surface area contributed by atoms with E-state index < -0.39 is 5.03 Å². The van der Waals surface area contributed by atoms with E-state index in [2.05, 4.69) is 4.98 Å². The van der Waals surface area contributed by atoms with Crippen LogP contribution in [0.2, 0.25) is 0 Å². The van der Waals surface area contributed by atoms with Crippen LogP contribution < -0.4 is 5.43 Å². The molecule has 0 radical (unpaired) electrons. The van der Waals surface area contributed by atoms with Crippen molar-refractivity contribution in [1.82, 2.24) is 4.98 Å². The number of nitrogens with one attached hydrogen (secondary N) is 1. The summed E-state index contributed by atoms with van der Waals surface area (Å²) < 4.78 is 0. The molecule has 1 rings (SSSR count). The molecule has 5 nitrogen and oxygen atoms in total. The average molecular weight is 183 g/mol. The van der Waals surface area contributed by atoms with Gasteiger partial charge in [0.1, 0.15) is 0 Å². The molecule has 0 fully saturated rings.